The fraction of sp³-hybridized carbons (Fsp3) is 0.417. The summed E-state index contributed by atoms with van der Waals surface area (Å²) >= 11 is 0. The van der Waals surface area contributed by atoms with Crippen LogP contribution in [-0.4, -0.2) is 18.7 Å². The number of hydrogen-bond acceptors (Lipinski definition) is 3. The normalized spacial score (nSPS) is 21.0. The van der Waals surface area contributed by atoms with Crippen LogP contribution in [0.5, 0.6) is 0 Å². The highest BCUT2D eigenvalue weighted by atomic mass is 16.2. The quantitative estimate of drug-likeness (QED) is 0.698. The molecule has 4 nitrogen and oxygen atoms in total. The topological polar surface area (TPSA) is 44.4 Å². The van der Waals surface area contributed by atoms with Crippen molar-refractivity contribution in [2.75, 3.05) is 16.8 Å². The van der Waals surface area contributed by atoms with Crippen molar-refractivity contribution >= 4 is 17.3 Å². The number of nitrogens with one attached hydrogen (secondary N) is 2. The highest BCUT2D eigenvalue weighted by Gasteiger charge is 2.32. The molecular formula is C12H17N3O. The summed E-state index contributed by atoms with van der Waals surface area (Å²) in [6.45, 7) is 4.79. The lowest BCUT2D eigenvalue weighted by Gasteiger charge is -2.31. The van der Waals surface area contributed by atoms with Gasteiger partial charge >= 0.3 is 0 Å². The fourth-order valence-corrected chi connectivity index (χ4v) is 2.02. The van der Waals surface area contributed by atoms with Crippen LogP contribution in [0, 0.1) is 0 Å². The van der Waals surface area contributed by atoms with Crippen LogP contribution >= 0.6 is 0 Å². The Morgan fingerprint density at radius 3 is 2.81 bits per heavy atom. The van der Waals surface area contributed by atoms with Gasteiger partial charge in [-0.2, -0.15) is 0 Å². The van der Waals surface area contributed by atoms with E-state index in [1.807, 2.05) is 32.0 Å². The molecule has 2 aliphatic heterocycles. The van der Waals surface area contributed by atoms with Crippen molar-refractivity contribution in [1.82, 2.24) is 5.32 Å². The van der Waals surface area contributed by atoms with Crippen molar-refractivity contribution in [2.45, 2.75) is 26.6 Å². The molecule has 2 heterocycles. The van der Waals surface area contributed by atoms with Gasteiger partial charge in [-0.05, 0) is 12.1 Å². The maximum absolute atomic E-state index is 11.2. The molecule has 1 atom stereocenters. The van der Waals surface area contributed by atoms with Crippen molar-refractivity contribution in [3.8, 4) is 0 Å². The zero-order valence-electron chi connectivity index (χ0n) is 9.66. The molecule has 0 bridgehead atoms. The minimum Gasteiger partial charge on any atom is -0.347 e. The van der Waals surface area contributed by atoms with E-state index in [-0.39, 0.29) is 12.2 Å². The Bertz CT molecular complexity index is 392. The molecule has 1 saturated heterocycles. The molecule has 86 valence electrons. The molecular weight excluding hydrogens is 202 g/mol. The number of benzene rings is 1. The van der Waals surface area contributed by atoms with Gasteiger partial charge in [-0.1, -0.05) is 26.0 Å². The van der Waals surface area contributed by atoms with Crippen LogP contribution < -0.4 is 15.5 Å². The Morgan fingerprint density at radius 2 is 2.00 bits per heavy atom. The first-order valence-corrected chi connectivity index (χ1v) is 5.76. The molecule has 1 unspecified atom stereocenters. The predicted octanol–water partition coefficient (Wildman–Crippen LogP) is 1.75. The van der Waals surface area contributed by atoms with Gasteiger partial charge in [0, 0.05) is 13.0 Å². The minimum atomic E-state index is -0.0475. The Balaban J connectivity index is 0.000000457. The summed E-state index contributed by atoms with van der Waals surface area (Å²) in [7, 11) is 0. The molecule has 2 aliphatic rings. The monoisotopic (exact) mass is 219 g/mol. The zero-order valence-corrected chi connectivity index (χ0v) is 9.66. The van der Waals surface area contributed by atoms with Crippen molar-refractivity contribution in [2.24, 2.45) is 0 Å². The van der Waals surface area contributed by atoms with E-state index in [2.05, 4.69) is 21.6 Å². The number of anilines is 2. The molecule has 1 fully saturated rings. The lowest BCUT2D eigenvalue weighted by molar-refractivity contribution is -0.122. The first-order valence-electron chi connectivity index (χ1n) is 5.76. The van der Waals surface area contributed by atoms with E-state index in [4.69, 9.17) is 0 Å². The molecule has 0 radical (unpaired) electrons. The fourth-order valence-electron chi connectivity index (χ4n) is 2.02. The second-order valence-electron chi connectivity index (χ2n) is 3.57. The van der Waals surface area contributed by atoms with Crippen LogP contribution in [0.3, 0.4) is 0 Å². The smallest absolute Gasteiger partial charge is 0.224 e. The molecule has 1 aromatic carbocycles. The summed E-state index contributed by atoms with van der Waals surface area (Å²) in [6.07, 6.45) is 0.528. The first kappa shape index (κ1) is 10.8. The molecule has 16 heavy (non-hydrogen) atoms. The average molecular weight is 219 g/mol. The molecule has 4 heteroatoms. The SMILES string of the molecule is CC.O=C1CCN2c3ccccc3NC2N1. The molecule has 0 saturated carbocycles. The van der Waals surface area contributed by atoms with Gasteiger partial charge in [0.05, 0.1) is 11.4 Å². The number of fused-ring (bicyclic) bond motifs is 3. The van der Waals surface area contributed by atoms with Gasteiger partial charge in [0.2, 0.25) is 5.91 Å². The molecule has 3 rings (SSSR count). The third kappa shape index (κ3) is 1.71. The second kappa shape index (κ2) is 4.43. The predicted molar refractivity (Wildman–Crippen MR) is 65.3 cm³/mol. The van der Waals surface area contributed by atoms with Gasteiger partial charge in [-0.25, -0.2) is 0 Å². The maximum atomic E-state index is 11.2. The maximum Gasteiger partial charge on any atom is 0.224 e. The highest BCUT2D eigenvalue weighted by Crippen LogP contribution is 2.34. The Kier molecular flexibility index (Phi) is 2.99. The van der Waals surface area contributed by atoms with Gasteiger partial charge < -0.3 is 15.5 Å². The highest BCUT2D eigenvalue weighted by molar-refractivity contribution is 5.84. The van der Waals surface area contributed by atoms with Crippen LogP contribution in [0.4, 0.5) is 11.4 Å². The van der Waals surface area contributed by atoms with Gasteiger partial charge in [0.15, 0.2) is 6.29 Å². The van der Waals surface area contributed by atoms with E-state index in [9.17, 15) is 4.79 Å². The molecule has 0 aliphatic carbocycles. The number of hydrogen-bond donors (Lipinski definition) is 2. The summed E-state index contributed by atoms with van der Waals surface area (Å²) in [4.78, 5) is 13.4. The standard InChI is InChI=1S/C10H11N3O.C2H6/c14-9-5-6-13-8-4-2-1-3-7(8)11-10(13)12-9;1-2/h1-4,10-11H,5-6H2,(H,12,14);1-2H3. The number of nitrogens with zero attached hydrogens (tertiary/aromatic N) is 1. The van der Waals surface area contributed by atoms with E-state index in [1.165, 1.54) is 5.69 Å². The van der Waals surface area contributed by atoms with Crippen molar-refractivity contribution in [1.29, 1.82) is 0 Å². The minimum absolute atomic E-state index is 0.0475. The van der Waals surface area contributed by atoms with Crippen LogP contribution in [0.25, 0.3) is 0 Å². The molecule has 2 N–H and O–H groups in total. The second-order valence-corrected chi connectivity index (χ2v) is 3.57. The number of carbonyl (C=O) groups is 1. The van der Waals surface area contributed by atoms with Crippen molar-refractivity contribution < 1.29 is 4.79 Å². The van der Waals surface area contributed by atoms with Gasteiger partial charge in [-0.15, -0.1) is 0 Å². The number of para-hydroxylation sites is 2. The van der Waals surface area contributed by atoms with E-state index < -0.39 is 0 Å². The van der Waals surface area contributed by atoms with Crippen LogP contribution in [-0.2, 0) is 4.79 Å². The van der Waals surface area contributed by atoms with Crippen LogP contribution in [0.1, 0.15) is 20.3 Å². The van der Waals surface area contributed by atoms with Crippen LogP contribution in [0.2, 0.25) is 0 Å². The molecule has 1 aromatic rings. The number of amides is 1. The van der Waals surface area contributed by atoms with Gasteiger partial charge in [0.1, 0.15) is 0 Å². The summed E-state index contributed by atoms with van der Waals surface area (Å²) in [5, 5.41) is 6.16. The van der Waals surface area contributed by atoms with E-state index >= 15 is 0 Å². The lowest BCUT2D eigenvalue weighted by Crippen LogP contribution is -2.55. The third-order valence-corrected chi connectivity index (χ3v) is 2.69. The lowest BCUT2D eigenvalue weighted by atomic mass is 10.2. The summed E-state index contributed by atoms with van der Waals surface area (Å²) in [5.74, 6) is 0.117. The molecule has 0 aromatic heterocycles. The Hall–Kier alpha value is -1.71. The number of rotatable bonds is 0. The van der Waals surface area contributed by atoms with Crippen molar-refractivity contribution in [3.63, 3.8) is 0 Å². The molecule has 1 amide bonds. The van der Waals surface area contributed by atoms with Gasteiger partial charge in [-0.3, -0.25) is 4.79 Å². The van der Waals surface area contributed by atoms with Gasteiger partial charge in [0.25, 0.3) is 0 Å². The van der Waals surface area contributed by atoms with E-state index in [0.717, 1.165) is 12.2 Å². The van der Waals surface area contributed by atoms with Crippen molar-refractivity contribution in [3.05, 3.63) is 24.3 Å². The van der Waals surface area contributed by atoms with E-state index in [0.29, 0.717) is 6.42 Å². The summed E-state index contributed by atoms with van der Waals surface area (Å²) in [6, 6.07) is 8.10. The summed E-state index contributed by atoms with van der Waals surface area (Å²) in [5.41, 5.74) is 2.28. The van der Waals surface area contributed by atoms with E-state index in [1.54, 1.807) is 0 Å². The average Bonchev–Trinajstić information content (AvgIpc) is 2.68. The van der Waals surface area contributed by atoms with Crippen LogP contribution in [0.15, 0.2) is 24.3 Å². The third-order valence-electron chi connectivity index (χ3n) is 2.69. The summed E-state index contributed by atoms with van der Waals surface area (Å²) < 4.78 is 0. The largest absolute Gasteiger partial charge is 0.347 e. The number of carbonyl (C=O) groups excluding carboxylic acids is 1. The Morgan fingerprint density at radius 1 is 1.25 bits per heavy atom. The first-order chi connectivity index (χ1) is 7.84. The molecule has 0 spiro atoms. The zero-order chi connectivity index (χ0) is 11.5. The Labute approximate surface area is 95.6 Å².